The monoisotopic (exact) mass is 561 g/mol. The van der Waals surface area contributed by atoms with Crippen LogP contribution in [0.15, 0.2) is 72.8 Å². The molecule has 1 aromatic heterocycles. The van der Waals surface area contributed by atoms with E-state index in [0.29, 0.717) is 47.4 Å². The number of halogens is 2. The van der Waals surface area contributed by atoms with Crippen LogP contribution >= 0.6 is 23.2 Å². The molecule has 0 spiro atoms. The Balaban J connectivity index is 1.41. The second-order valence-electron chi connectivity index (χ2n) is 9.67. The molecule has 0 saturated carbocycles. The minimum atomic E-state index is -0.144. The van der Waals surface area contributed by atoms with Crippen molar-refractivity contribution in [2.45, 2.75) is 13.8 Å². The van der Waals surface area contributed by atoms with E-state index in [9.17, 15) is 9.59 Å². The topological polar surface area (TPSA) is 54.8 Å². The van der Waals surface area contributed by atoms with E-state index in [1.807, 2.05) is 42.2 Å². The summed E-state index contributed by atoms with van der Waals surface area (Å²) in [6, 6.07) is 22.9. The second kappa shape index (κ2) is 11.2. The molecular formula is C31H29Cl2N3O3. The van der Waals surface area contributed by atoms with E-state index in [2.05, 4.69) is 35.8 Å². The van der Waals surface area contributed by atoms with Gasteiger partial charge in [-0.15, -0.1) is 0 Å². The number of aryl methyl sites for hydroxylation is 1. The standard InChI is InChI=1S/C31H29Cl2N3O3/c1-20-4-8-26(9-5-20)36-21(2)28(19-29(36)22-6-10-27(39-3)11-7-22)31(38)35-14-12-34(13-15-35)30(37)23-16-24(32)18-25(33)17-23/h4-11,16-19H,12-15H2,1-3H3. The first-order valence-corrected chi connectivity index (χ1v) is 13.5. The van der Waals surface area contributed by atoms with Crippen LogP contribution in [0, 0.1) is 13.8 Å². The molecule has 1 saturated heterocycles. The lowest BCUT2D eigenvalue weighted by Crippen LogP contribution is -2.50. The van der Waals surface area contributed by atoms with Gasteiger partial charge in [-0.3, -0.25) is 9.59 Å². The maximum atomic E-state index is 13.8. The van der Waals surface area contributed by atoms with Crippen LogP contribution in [0.4, 0.5) is 0 Å². The van der Waals surface area contributed by atoms with Crippen molar-refractivity contribution in [3.63, 3.8) is 0 Å². The van der Waals surface area contributed by atoms with Gasteiger partial charge in [0.2, 0.25) is 0 Å². The van der Waals surface area contributed by atoms with E-state index in [4.69, 9.17) is 27.9 Å². The Bertz CT molecular complexity index is 1500. The van der Waals surface area contributed by atoms with Gasteiger partial charge in [0.05, 0.1) is 18.4 Å². The number of methoxy groups -OCH3 is 1. The molecule has 2 heterocycles. The zero-order valence-electron chi connectivity index (χ0n) is 22.1. The van der Waals surface area contributed by atoms with Gasteiger partial charge in [0.25, 0.3) is 11.8 Å². The Morgan fingerprint density at radius 3 is 1.87 bits per heavy atom. The van der Waals surface area contributed by atoms with E-state index >= 15 is 0 Å². The predicted molar refractivity (Wildman–Crippen MR) is 155 cm³/mol. The summed E-state index contributed by atoms with van der Waals surface area (Å²) in [6.07, 6.45) is 0. The van der Waals surface area contributed by atoms with Gasteiger partial charge < -0.3 is 19.1 Å². The van der Waals surface area contributed by atoms with Gasteiger partial charge in [0.1, 0.15) is 5.75 Å². The number of carbonyl (C=O) groups excluding carboxylic acids is 2. The van der Waals surface area contributed by atoms with E-state index in [0.717, 1.165) is 28.4 Å². The van der Waals surface area contributed by atoms with Crippen LogP contribution in [-0.4, -0.2) is 59.5 Å². The Kier molecular flexibility index (Phi) is 7.69. The smallest absolute Gasteiger partial charge is 0.255 e. The fourth-order valence-corrected chi connectivity index (χ4v) is 5.49. The summed E-state index contributed by atoms with van der Waals surface area (Å²) < 4.78 is 7.46. The Labute approximate surface area is 238 Å². The first-order chi connectivity index (χ1) is 18.7. The lowest BCUT2D eigenvalue weighted by Gasteiger charge is -2.35. The van der Waals surface area contributed by atoms with Gasteiger partial charge in [-0.2, -0.15) is 0 Å². The van der Waals surface area contributed by atoms with Gasteiger partial charge in [0.15, 0.2) is 0 Å². The number of hydrogen-bond acceptors (Lipinski definition) is 3. The molecule has 200 valence electrons. The molecule has 4 aromatic rings. The van der Waals surface area contributed by atoms with Crippen molar-refractivity contribution in [3.05, 3.63) is 105 Å². The Morgan fingerprint density at radius 1 is 0.744 bits per heavy atom. The fraction of sp³-hybridized carbons (Fsp3) is 0.226. The molecule has 0 unspecified atom stereocenters. The van der Waals surface area contributed by atoms with E-state index in [-0.39, 0.29) is 11.8 Å². The molecule has 2 amide bonds. The summed E-state index contributed by atoms with van der Waals surface area (Å²) in [7, 11) is 1.64. The zero-order valence-corrected chi connectivity index (χ0v) is 23.6. The van der Waals surface area contributed by atoms with Crippen molar-refractivity contribution in [2.75, 3.05) is 33.3 Å². The molecule has 8 heteroatoms. The van der Waals surface area contributed by atoms with Crippen LogP contribution in [0.1, 0.15) is 32.0 Å². The minimum Gasteiger partial charge on any atom is -0.497 e. The number of ether oxygens (including phenoxy) is 1. The molecule has 39 heavy (non-hydrogen) atoms. The van der Waals surface area contributed by atoms with Crippen molar-refractivity contribution in [3.8, 4) is 22.7 Å². The van der Waals surface area contributed by atoms with Crippen molar-refractivity contribution in [1.82, 2.24) is 14.4 Å². The van der Waals surface area contributed by atoms with Crippen molar-refractivity contribution in [2.24, 2.45) is 0 Å². The molecule has 3 aromatic carbocycles. The van der Waals surface area contributed by atoms with E-state index in [1.54, 1.807) is 30.2 Å². The number of hydrogen-bond donors (Lipinski definition) is 0. The van der Waals surface area contributed by atoms with Crippen LogP contribution in [0.5, 0.6) is 5.75 Å². The van der Waals surface area contributed by atoms with Crippen molar-refractivity contribution >= 4 is 35.0 Å². The molecule has 0 N–H and O–H groups in total. The molecule has 0 atom stereocenters. The molecule has 1 fully saturated rings. The second-order valence-corrected chi connectivity index (χ2v) is 10.5. The summed E-state index contributed by atoms with van der Waals surface area (Å²) in [4.78, 5) is 30.4. The molecule has 6 nitrogen and oxygen atoms in total. The number of amides is 2. The third-order valence-corrected chi connectivity index (χ3v) is 7.56. The highest BCUT2D eigenvalue weighted by atomic mass is 35.5. The molecule has 5 rings (SSSR count). The molecular weight excluding hydrogens is 533 g/mol. The minimum absolute atomic E-state index is 0.0500. The number of piperazine rings is 1. The molecule has 0 aliphatic carbocycles. The summed E-state index contributed by atoms with van der Waals surface area (Å²) in [5.74, 6) is 0.577. The fourth-order valence-electron chi connectivity index (χ4n) is 4.97. The predicted octanol–water partition coefficient (Wildman–Crippen LogP) is 6.67. The quantitative estimate of drug-likeness (QED) is 0.273. The van der Waals surface area contributed by atoms with Crippen LogP contribution in [0.25, 0.3) is 16.9 Å². The number of nitrogens with zero attached hydrogens (tertiary/aromatic N) is 3. The normalized spacial score (nSPS) is 13.5. The SMILES string of the molecule is COc1ccc(-c2cc(C(=O)N3CCN(C(=O)c4cc(Cl)cc(Cl)c4)CC3)c(C)n2-c2ccc(C)cc2)cc1. The van der Waals surface area contributed by atoms with E-state index in [1.165, 1.54) is 5.56 Å². The average Bonchev–Trinajstić information content (AvgIpc) is 3.29. The maximum absolute atomic E-state index is 13.8. The number of carbonyl (C=O) groups is 2. The number of rotatable bonds is 5. The van der Waals surface area contributed by atoms with Gasteiger partial charge in [0, 0.05) is 53.2 Å². The summed E-state index contributed by atoms with van der Waals surface area (Å²) in [5, 5.41) is 0.835. The lowest BCUT2D eigenvalue weighted by atomic mass is 10.1. The molecule has 0 bridgehead atoms. The number of benzene rings is 3. The van der Waals surface area contributed by atoms with Crippen LogP contribution in [-0.2, 0) is 0 Å². The number of aromatic nitrogens is 1. The van der Waals surface area contributed by atoms with Gasteiger partial charge in [-0.1, -0.05) is 40.9 Å². The first kappa shape index (κ1) is 26.9. The van der Waals surface area contributed by atoms with Crippen LogP contribution in [0.2, 0.25) is 10.0 Å². The average molecular weight is 562 g/mol. The van der Waals surface area contributed by atoms with E-state index < -0.39 is 0 Å². The third kappa shape index (κ3) is 5.54. The van der Waals surface area contributed by atoms with Gasteiger partial charge >= 0.3 is 0 Å². The summed E-state index contributed by atoms with van der Waals surface area (Å²) in [6.45, 7) is 5.76. The molecule has 1 aliphatic rings. The highest BCUT2D eigenvalue weighted by molar-refractivity contribution is 6.35. The first-order valence-electron chi connectivity index (χ1n) is 12.7. The van der Waals surface area contributed by atoms with Crippen molar-refractivity contribution in [1.29, 1.82) is 0 Å². The Hall–Kier alpha value is -3.74. The molecule has 0 radical (unpaired) electrons. The summed E-state index contributed by atoms with van der Waals surface area (Å²) in [5.41, 5.74) is 6.01. The van der Waals surface area contributed by atoms with Crippen molar-refractivity contribution < 1.29 is 14.3 Å². The maximum Gasteiger partial charge on any atom is 0.255 e. The van der Waals surface area contributed by atoms with Crippen LogP contribution in [0.3, 0.4) is 0 Å². The highest BCUT2D eigenvalue weighted by Gasteiger charge is 2.28. The zero-order chi connectivity index (χ0) is 27.7. The van der Waals surface area contributed by atoms with Crippen LogP contribution < -0.4 is 4.74 Å². The van der Waals surface area contributed by atoms with Gasteiger partial charge in [-0.25, -0.2) is 0 Å². The molecule has 1 aliphatic heterocycles. The largest absolute Gasteiger partial charge is 0.497 e. The lowest BCUT2D eigenvalue weighted by molar-refractivity contribution is 0.0535. The highest BCUT2D eigenvalue weighted by Crippen LogP contribution is 2.32. The third-order valence-electron chi connectivity index (χ3n) is 7.12. The summed E-state index contributed by atoms with van der Waals surface area (Å²) >= 11 is 12.2. The van der Waals surface area contributed by atoms with Gasteiger partial charge in [-0.05, 0) is 80.1 Å². The Morgan fingerprint density at radius 2 is 1.31 bits per heavy atom.